The highest BCUT2D eigenvalue weighted by Gasteiger charge is 2.54. The molecule has 1 aromatic heterocycles. The van der Waals surface area contributed by atoms with Crippen molar-refractivity contribution in [2.75, 3.05) is 18.9 Å². The van der Waals surface area contributed by atoms with E-state index in [4.69, 9.17) is 15.2 Å². The molecule has 23 heavy (non-hydrogen) atoms. The highest BCUT2D eigenvalue weighted by atomic mass is 16.6. The Hall–Kier alpha value is -1.74. The molecule has 2 heterocycles. The molecule has 1 aromatic rings. The predicted molar refractivity (Wildman–Crippen MR) is 83.7 cm³/mol. The Morgan fingerprint density at radius 3 is 2.96 bits per heavy atom. The molecular weight excluding hydrogens is 302 g/mol. The van der Waals surface area contributed by atoms with Gasteiger partial charge in [0.15, 0.2) is 6.23 Å². The normalized spacial score (nSPS) is 30.5. The lowest BCUT2D eigenvalue weighted by Gasteiger charge is -2.29. The summed E-state index contributed by atoms with van der Waals surface area (Å²) in [4.78, 5) is 15.6. The number of rotatable bonds is 7. The fourth-order valence-corrected chi connectivity index (χ4v) is 2.59. The van der Waals surface area contributed by atoms with E-state index in [-0.39, 0.29) is 5.82 Å². The number of unbranched alkanes of at least 4 members (excludes halogenated alkanes) is 1. The molecule has 0 radical (unpaired) electrons. The molecule has 1 aliphatic rings. The molecule has 1 aliphatic heterocycles. The van der Waals surface area contributed by atoms with Crippen molar-refractivity contribution in [1.29, 1.82) is 0 Å². The number of nitrogen functional groups attached to an aromatic ring is 1. The van der Waals surface area contributed by atoms with Crippen LogP contribution in [0.2, 0.25) is 0 Å². The molecule has 0 saturated carbocycles. The number of hydrogen-bond acceptors (Lipinski definition) is 7. The summed E-state index contributed by atoms with van der Waals surface area (Å²) < 4.78 is 12.6. The van der Waals surface area contributed by atoms with Gasteiger partial charge in [-0.15, -0.1) is 6.58 Å². The number of aromatic nitrogens is 2. The minimum absolute atomic E-state index is 0.0756. The van der Waals surface area contributed by atoms with Crippen LogP contribution in [0.5, 0.6) is 0 Å². The summed E-state index contributed by atoms with van der Waals surface area (Å²) in [5, 5.41) is 20.3. The van der Waals surface area contributed by atoms with E-state index in [1.54, 1.807) is 0 Å². The molecular formula is C15H23N3O5. The van der Waals surface area contributed by atoms with Crippen LogP contribution in [-0.4, -0.2) is 50.8 Å². The van der Waals surface area contributed by atoms with Gasteiger partial charge in [0.2, 0.25) is 0 Å². The maximum Gasteiger partial charge on any atom is 0.351 e. The minimum Gasteiger partial charge on any atom is -0.393 e. The second kappa shape index (κ2) is 7.22. The first-order valence-corrected chi connectivity index (χ1v) is 7.55. The van der Waals surface area contributed by atoms with Crippen molar-refractivity contribution in [2.45, 2.75) is 43.8 Å². The number of anilines is 1. The van der Waals surface area contributed by atoms with Crippen LogP contribution in [0.3, 0.4) is 0 Å². The van der Waals surface area contributed by atoms with E-state index in [0.29, 0.717) is 6.61 Å². The maximum absolute atomic E-state index is 12.0. The standard InChI is InChI=1S/C15H23N3O5/c1-3-5-8-22-12-11(20)13(23-15(12,4-2)9-19)18-7-6-10(16)17-14(18)21/h4,6-7,11-13,19-20H,2-3,5,8-9H2,1H3,(H2,16,17,21)/t11-,12+,13-,15-/m1/s1. The summed E-state index contributed by atoms with van der Waals surface area (Å²) in [6, 6.07) is 1.43. The molecule has 1 saturated heterocycles. The van der Waals surface area contributed by atoms with E-state index in [0.717, 1.165) is 17.4 Å². The van der Waals surface area contributed by atoms with Crippen LogP contribution in [0.4, 0.5) is 5.82 Å². The highest BCUT2D eigenvalue weighted by Crippen LogP contribution is 2.39. The van der Waals surface area contributed by atoms with Gasteiger partial charge in [-0.2, -0.15) is 4.98 Å². The van der Waals surface area contributed by atoms with Crippen molar-refractivity contribution < 1.29 is 19.7 Å². The largest absolute Gasteiger partial charge is 0.393 e. The van der Waals surface area contributed by atoms with Crippen LogP contribution >= 0.6 is 0 Å². The van der Waals surface area contributed by atoms with Crippen LogP contribution in [0, 0.1) is 0 Å². The third kappa shape index (κ3) is 3.30. The molecule has 0 spiro atoms. The summed E-state index contributed by atoms with van der Waals surface area (Å²) in [5.41, 5.74) is 3.52. The number of hydrogen-bond donors (Lipinski definition) is 3. The SMILES string of the molecule is C=C[C@]1(CO)O[C@@H](n2ccc(N)nc2=O)[C@H](O)[C@@H]1OCCCC. The van der Waals surface area contributed by atoms with Crippen LogP contribution < -0.4 is 11.4 Å². The van der Waals surface area contributed by atoms with Gasteiger partial charge >= 0.3 is 5.69 Å². The quantitative estimate of drug-likeness (QED) is 0.470. The van der Waals surface area contributed by atoms with Crippen molar-refractivity contribution in [3.8, 4) is 0 Å². The summed E-state index contributed by atoms with van der Waals surface area (Å²) in [6.45, 7) is 5.65. The fourth-order valence-electron chi connectivity index (χ4n) is 2.59. The van der Waals surface area contributed by atoms with Gasteiger partial charge in [0.1, 0.15) is 23.6 Å². The van der Waals surface area contributed by atoms with Crippen molar-refractivity contribution >= 4 is 5.82 Å². The molecule has 0 unspecified atom stereocenters. The van der Waals surface area contributed by atoms with E-state index in [9.17, 15) is 15.0 Å². The van der Waals surface area contributed by atoms with E-state index in [1.165, 1.54) is 18.3 Å². The predicted octanol–water partition coefficient (Wildman–Crippen LogP) is -0.182. The zero-order valence-corrected chi connectivity index (χ0v) is 13.1. The van der Waals surface area contributed by atoms with Crippen LogP contribution in [-0.2, 0) is 9.47 Å². The fraction of sp³-hybridized carbons (Fsp3) is 0.600. The average molecular weight is 325 g/mol. The Morgan fingerprint density at radius 2 is 2.39 bits per heavy atom. The van der Waals surface area contributed by atoms with Gasteiger partial charge in [0, 0.05) is 12.8 Å². The number of aliphatic hydroxyl groups is 2. The second-order valence-corrected chi connectivity index (χ2v) is 5.50. The van der Waals surface area contributed by atoms with E-state index in [2.05, 4.69) is 11.6 Å². The zero-order valence-electron chi connectivity index (χ0n) is 13.1. The first-order chi connectivity index (χ1) is 11.0. The van der Waals surface area contributed by atoms with Crippen molar-refractivity contribution in [3.05, 3.63) is 35.4 Å². The summed E-state index contributed by atoms with van der Waals surface area (Å²) in [6.07, 6.45) is 1.45. The van der Waals surface area contributed by atoms with Crippen molar-refractivity contribution in [3.63, 3.8) is 0 Å². The van der Waals surface area contributed by atoms with E-state index < -0.39 is 36.3 Å². The monoisotopic (exact) mass is 325 g/mol. The number of nitrogens with two attached hydrogens (primary N) is 1. The third-order valence-corrected chi connectivity index (χ3v) is 3.94. The first-order valence-electron chi connectivity index (χ1n) is 7.55. The van der Waals surface area contributed by atoms with Crippen molar-refractivity contribution in [2.24, 2.45) is 0 Å². The lowest BCUT2D eigenvalue weighted by molar-refractivity contribution is -0.112. The van der Waals surface area contributed by atoms with Gasteiger partial charge in [-0.3, -0.25) is 4.57 Å². The van der Waals surface area contributed by atoms with Gasteiger partial charge < -0.3 is 25.4 Å². The Balaban J connectivity index is 2.32. The van der Waals surface area contributed by atoms with Crippen molar-refractivity contribution in [1.82, 2.24) is 9.55 Å². The smallest absolute Gasteiger partial charge is 0.351 e. The molecule has 0 amide bonds. The minimum atomic E-state index is -1.29. The summed E-state index contributed by atoms with van der Waals surface area (Å²) >= 11 is 0. The summed E-state index contributed by atoms with van der Waals surface area (Å²) in [7, 11) is 0. The van der Waals surface area contributed by atoms with Gasteiger partial charge in [-0.05, 0) is 12.5 Å². The van der Waals surface area contributed by atoms with Crippen LogP contribution in [0.1, 0.15) is 26.0 Å². The second-order valence-electron chi connectivity index (χ2n) is 5.50. The zero-order chi connectivity index (χ0) is 17.0. The van der Waals surface area contributed by atoms with Gasteiger partial charge in [0.25, 0.3) is 0 Å². The Labute approximate surface area is 134 Å². The molecule has 128 valence electrons. The molecule has 2 rings (SSSR count). The lowest BCUT2D eigenvalue weighted by Crippen LogP contribution is -2.46. The molecule has 0 bridgehead atoms. The highest BCUT2D eigenvalue weighted by molar-refractivity contribution is 5.24. The topological polar surface area (TPSA) is 120 Å². The Kier molecular flexibility index (Phi) is 5.53. The first kappa shape index (κ1) is 17.6. The van der Waals surface area contributed by atoms with E-state index in [1.807, 2.05) is 6.92 Å². The maximum atomic E-state index is 12.0. The number of nitrogens with zero attached hydrogens (tertiary/aromatic N) is 2. The third-order valence-electron chi connectivity index (χ3n) is 3.94. The van der Waals surface area contributed by atoms with E-state index >= 15 is 0 Å². The number of ether oxygens (including phenoxy) is 2. The Morgan fingerprint density at radius 1 is 1.65 bits per heavy atom. The summed E-state index contributed by atoms with van der Waals surface area (Å²) in [5.74, 6) is 0.0756. The van der Waals surface area contributed by atoms with Crippen LogP contribution in [0.25, 0.3) is 0 Å². The molecule has 1 fully saturated rings. The lowest BCUT2D eigenvalue weighted by atomic mass is 9.96. The molecule has 0 aliphatic carbocycles. The molecule has 8 heteroatoms. The molecule has 8 nitrogen and oxygen atoms in total. The van der Waals surface area contributed by atoms with Gasteiger partial charge in [-0.25, -0.2) is 4.79 Å². The Bertz CT molecular complexity index is 605. The van der Waals surface area contributed by atoms with Gasteiger partial charge in [0.05, 0.1) is 6.61 Å². The van der Waals surface area contributed by atoms with Crippen LogP contribution in [0.15, 0.2) is 29.7 Å². The number of aliphatic hydroxyl groups excluding tert-OH is 2. The van der Waals surface area contributed by atoms with Gasteiger partial charge in [-0.1, -0.05) is 19.4 Å². The molecule has 4 N–H and O–H groups in total. The average Bonchev–Trinajstić information content (AvgIpc) is 2.81. The molecule has 4 atom stereocenters. The molecule has 0 aromatic carbocycles.